The largest absolute Gasteiger partial charge is 0.482 e. The lowest BCUT2D eigenvalue weighted by Gasteiger charge is -2.09. The van der Waals surface area contributed by atoms with Crippen molar-refractivity contribution < 1.29 is 18.7 Å². The third-order valence-electron chi connectivity index (χ3n) is 4.03. The minimum atomic E-state index is -0.564. The summed E-state index contributed by atoms with van der Waals surface area (Å²) in [6.45, 7) is 1.69. The van der Waals surface area contributed by atoms with Crippen LogP contribution in [0.25, 0.3) is 11.0 Å². The highest BCUT2D eigenvalue weighted by atomic mass is 16.6. The van der Waals surface area contributed by atoms with E-state index in [9.17, 15) is 9.59 Å². The Morgan fingerprint density at radius 2 is 1.93 bits per heavy atom. The van der Waals surface area contributed by atoms with Gasteiger partial charge in [-0.2, -0.15) is 5.26 Å². The minimum Gasteiger partial charge on any atom is -0.482 e. The van der Waals surface area contributed by atoms with E-state index < -0.39 is 11.6 Å². The van der Waals surface area contributed by atoms with E-state index in [4.69, 9.17) is 19.2 Å². The summed E-state index contributed by atoms with van der Waals surface area (Å²) in [6.07, 6.45) is 0.825. The highest BCUT2D eigenvalue weighted by Crippen LogP contribution is 2.20. The van der Waals surface area contributed by atoms with Gasteiger partial charge in [-0.25, -0.2) is 9.59 Å². The average molecular weight is 363 g/mol. The monoisotopic (exact) mass is 363 g/mol. The standard InChI is InChI=1S/C21H17NO5/c1-2-14-5-8-18-16(10-20(23)27-19(18)9-14)12-26-21(24)13-25-17-6-3-15(11-22)4-7-17/h3-10H,2,12-13H2,1H3. The van der Waals surface area contributed by atoms with Gasteiger partial charge in [-0.1, -0.05) is 19.1 Å². The molecule has 0 N–H and O–H groups in total. The molecule has 2 aromatic carbocycles. The van der Waals surface area contributed by atoms with Crippen LogP contribution in [-0.4, -0.2) is 12.6 Å². The third kappa shape index (κ3) is 4.53. The lowest BCUT2D eigenvalue weighted by molar-refractivity contribution is -0.147. The van der Waals surface area contributed by atoms with Crippen molar-refractivity contribution in [2.45, 2.75) is 20.0 Å². The quantitative estimate of drug-likeness (QED) is 0.493. The van der Waals surface area contributed by atoms with E-state index in [0.29, 0.717) is 22.5 Å². The van der Waals surface area contributed by atoms with Crippen molar-refractivity contribution in [2.75, 3.05) is 6.61 Å². The molecule has 0 atom stereocenters. The Labute approximate surface area is 155 Å². The molecule has 27 heavy (non-hydrogen) atoms. The maximum Gasteiger partial charge on any atom is 0.344 e. The van der Waals surface area contributed by atoms with E-state index >= 15 is 0 Å². The Bertz CT molecular complexity index is 1060. The molecule has 0 unspecified atom stereocenters. The third-order valence-corrected chi connectivity index (χ3v) is 4.03. The normalized spacial score (nSPS) is 10.4. The number of esters is 1. The molecule has 0 spiro atoms. The van der Waals surface area contributed by atoms with Crippen LogP contribution in [0.15, 0.2) is 57.7 Å². The molecule has 136 valence electrons. The number of aryl methyl sites for hydroxylation is 1. The summed E-state index contributed by atoms with van der Waals surface area (Å²) in [5.41, 5.74) is 2.12. The van der Waals surface area contributed by atoms with Gasteiger partial charge in [0.25, 0.3) is 0 Å². The first-order chi connectivity index (χ1) is 13.1. The second-order valence-electron chi connectivity index (χ2n) is 5.86. The number of benzene rings is 2. The van der Waals surface area contributed by atoms with Crippen molar-refractivity contribution in [3.8, 4) is 11.8 Å². The summed E-state index contributed by atoms with van der Waals surface area (Å²) in [6, 6.07) is 15.3. The molecule has 0 aliphatic heterocycles. The second-order valence-corrected chi connectivity index (χ2v) is 5.86. The van der Waals surface area contributed by atoms with Crippen molar-refractivity contribution in [1.29, 1.82) is 5.26 Å². The van der Waals surface area contributed by atoms with Crippen LogP contribution in [0, 0.1) is 11.3 Å². The van der Waals surface area contributed by atoms with E-state index in [2.05, 4.69) is 0 Å². The maximum atomic E-state index is 11.9. The summed E-state index contributed by atoms with van der Waals surface area (Å²) in [4.78, 5) is 23.7. The van der Waals surface area contributed by atoms with Gasteiger partial charge in [0.05, 0.1) is 11.6 Å². The number of nitriles is 1. The summed E-state index contributed by atoms with van der Waals surface area (Å²) in [5, 5.41) is 9.48. The lowest BCUT2D eigenvalue weighted by atomic mass is 10.1. The van der Waals surface area contributed by atoms with E-state index in [1.807, 2.05) is 31.2 Å². The van der Waals surface area contributed by atoms with Crippen LogP contribution in [0.1, 0.15) is 23.6 Å². The molecule has 0 fully saturated rings. The van der Waals surface area contributed by atoms with Gasteiger partial charge in [-0.15, -0.1) is 0 Å². The molecule has 0 bridgehead atoms. The van der Waals surface area contributed by atoms with E-state index in [1.165, 1.54) is 6.07 Å². The Balaban J connectivity index is 1.64. The van der Waals surface area contributed by atoms with Crippen LogP contribution in [0.5, 0.6) is 5.75 Å². The van der Waals surface area contributed by atoms with Crippen LogP contribution in [0.3, 0.4) is 0 Å². The fraction of sp³-hybridized carbons (Fsp3) is 0.190. The van der Waals surface area contributed by atoms with Crippen LogP contribution >= 0.6 is 0 Å². The second kappa shape index (κ2) is 8.19. The van der Waals surface area contributed by atoms with Gasteiger partial charge in [0.2, 0.25) is 0 Å². The topological polar surface area (TPSA) is 89.5 Å². The maximum absolute atomic E-state index is 11.9. The van der Waals surface area contributed by atoms with Crippen molar-refractivity contribution in [2.24, 2.45) is 0 Å². The van der Waals surface area contributed by atoms with Gasteiger partial charge >= 0.3 is 11.6 Å². The van der Waals surface area contributed by atoms with Gasteiger partial charge in [-0.3, -0.25) is 0 Å². The number of hydrogen-bond acceptors (Lipinski definition) is 6. The smallest absolute Gasteiger partial charge is 0.344 e. The molecule has 0 saturated carbocycles. The van der Waals surface area contributed by atoms with Crippen LogP contribution in [0.4, 0.5) is 0 Å². The molecule has 6 nitrogen and oxygen atoms in total. The van der Waals surface area contributed by atoms with Crippen LogP contribution in [-0.2, 0) is 22.6 Å². The Morgan fingerprint density at radius 3 is 2.63 bits per heavy atom. The van der Waals surface area contributed by atoms with E-state index in [0.717, 1.165) is 17.4 Å². The van der Waals surface area contributed by atoms with Gasteiger partial charge in [-0.05, 0) is 42.3 Å². The first kappa shape index (κ1) is 18.2. The summed E-state index contributed by atoms with van der Waals surface area (Å²) in [7, 11) is 0. The molecule has 3 aromatic rings. The van der Waals surface area contributed by atoms with Gasteiger partial charge < -0.3 is 13.9 Å². The van der Waals surface area contributed by atoms with Crippen molar-refractivity contribution in [3.05, 3.63) is 75.6 Å². The van der Waals surface area contributed by atoms with E-state index in [1.54, 1.807) is 24.3 Å². The number of nitrogens with zero attached hydrogens (tertiary/aromatic N) is 1. The Kier molecular flexibility index (Phi) is 5.53. The Hall–Kier alpha value is -3.59. The zero-order chi connectivity index (χ0) is 19.2. The van der Waals surface area contributed by atoms with Crippen molar-refractivity contribution in [3.63, 3.8) is 0 Å². The molecule has 0 aliphatic carbocycles. The minimum absolute atomic E-state index is 0.0524. The lowest BCUT2D eigenvalue weighted by Crippen LogP contribution is -2.15. The Morgan fingerprint density at radius 1 is 1.15 bits per heavy atom. The number of carbonyl (C=O) groups is 1. The fourth-order valence-electron chi connectivity index (χ4n) is 2.58. The molecule has 0 radical (unpaired) electrons. The molecule has 0 amide bonds. The number of rotatable bonds is 6. The zero-order valence-corrected chi connectivity index (χ0v) is 14.7. The number of ether oxygens (including phenoxy) is 2. The number of hydrogen-bond donors (Lipinski definition) is 0. The SMILES string of the molecule is CCc1ccc2c(COC(=O)COc3ccc(C#N)cc3)cc(=O)oc2c1. The zero-order valence-electron chi connectivity index (χ0n) is 14.7. The predicted octanol–water partition coefficient (Wildman–Crippen LogP) is 3.35. The van der Waals surface area contributed by atoms with Gasteiger partial charge in [0, 0.05) is 17.0 Å². The number of carbonyl (C=O) groups excluding carboxylic acids is 1. The molecule has 1 aromatic heterocycles. The summed E-state index contributed by atoms with van der Waals surface area (Å²) >= 11 is 0. The number of fused-ring (bicyclic) bond motifs is 1. The molecule has 1 heterocycles. The highest BCUT2D eigenvalue weighted by Gasteiger charge is 2.10. The molecule has 0 saturated heterocycles. The fourth-order valence-corrected chi connectivity index (χ4v) is 2.58. The van der Waals surface area contributed by atoms with Crippen molar-refractivity contribution in [1.82, 2.24) is 0 Å². The predicted molar refractivity (Wildman–Crippen MR) is 98.3 cm³/mol. The van der Waals surface area contributed by atoms with Crippen molar-refractivity contribution >= 4 is 16.9 Å². The molecular formula is C21H17NO5. The highest BCUT2D eigenvalue weighted by molar-refractivity contribution is 5.81. The summed E-state index contributed by atoms with van der Waals surface area (Å²) in [5.74, 6) is -0.102. The molecule has 6 heteroatoms. The average Bonchev–Trinajstić information content (AvgIpc) is 2.70. The molecular weight excluding hydrogens is 346 g/mol. The van der Waals surface area contributed by atoms with Gasteiger partial charge in [0.15, 0.2) is 6.61 Å². The first-order valence-electron chi connectivity index (χ1n) is 8.43. The van der Waals surface area contributed by atoms with E-state index in [-0.39, 0.29) is 13.2 Å². The summed E-state index contributed by atoms with van der Waals surface area (Å²) < 4.78 is 15.8. The van der Waals surface area contributed by atoms with Crippen LogP contribution < -0.4 is 10.4 Å². The van der Waals surface area contributed by atoms with Gasteiger partial charge in [0.1, 0.15) is 17.9 Å². The van der Waals surface area contributed by atoms with Crippen LogP contribution in [0.2, 0.25) is 0 Å². The first-order valence-corrected chi connectivity index (χ1v) is 8.43. The molecule has 0 aliphatic rings. The molecule has 3 rings (SSSR count).